The van der Waals surface area contributed by atoms with Gasteiger partial charge in [0.25, 0.3) is 0 Å². The smallest absolute Gasteiger partial charge is 0.303 e. The zero-order chi connectivity index (χ0) is 19.2. The molecule has 2 amide bonds. The fraction of sp³-hybridized carbons (Fsp3) is 0.250. The zero-order valence-electron chi connectivity index (χ0n) is 14.5. The van der Waals surface area contributed by atoms with Gasteiger partial charge in [0.15, 0.2) is 0 Å². The zero-order valence-corrected chi connectivity index (χ0v) is 14.5. The molecule has 0 aliphatic rings. The quantitative estimate of drug-likeness (QED) is 0.672. The lowest BCUT2D eigenvalue weighted by atomic mass is 9.75. The SMILES string of the molecule is CC(C(=O)N[C@@H](CCC(=O)O)C(N)=O)(c1ccccc1)c1ccccc1. The molecule has 0 aliphatic heterocycles. The van der Waals surface area contributed by atoms with Crippen molar-refractivity contribution in [1.82, 2.24) is 5.32 Å². The molecule has 2 aromatic rings. The van der Waals surface area contributed by atoms with Crippen LogP contribution in [0.4, 0.5) is 0 Å². The average molecular weight is 354 g/mol. The molecule has 0 radical (unpaired) electrons. The number of carbonyl (C=O) groups excluding carboxylic acids is 2. The molecule has 0 aliphatic carbocycles. The third kappa shape index (κ3) is 4.27. The number of nitrogens with one attached hydrogen (secondary N) is 1. The number of rotatable bonds is 8. The van der Waals surface area contributed by atoms with Crippen molar-refractivity contribution in [3.05, 3.63) is 71.8 Å². The van der Waals surface area contributed by atoms with Crippen LogP contribution in [-0.2, 0) is 19.8 Å². The number of nitrogens with two attached hydrogens (primary N) is 1. The van der Waals surface area contributed by atoms with Gasteiger partial charge in [-0.1, -0.05) is 60.7 Å². The van der Waals surface area contributed by atoms with Gasteiger partial charge < -0.3 is 16.2 Å². The van der Waals surface area contributed by atoms with Crippen molar-refractivity contribution in [3.63, 3.8) is 0 Å². The molecule has 6 nitrogen and oxygen atoms in total. The molecule has 0 saturated carbocycles. The summed E-state index contributed by atoms with van der Waals surface area (Å²) >= 11 is 0. The number of aliphatic carboxylic acids is 1. The third-order valence-corrected chi connectivity index (χ3v) is 4.45. The van der Waals surface area contributed by atoms with Crippen LogP contribution in [0.5, 0.6) is 0 Å². The number of benzene rings is 2. The number of hydrogen-bond acceptors (Lipinski definition) is 3. The summed E-state index contributed by atoms with van der Waals surface area (Å²) in [5, 5.41) is 11.5. The summed E-state index contributed by atoms with van der Waals surface area (Å²) in [5.41, 5.74) is 5.80. The summed E-state index contributed by atoms with van der Waals surface area (Å²) < 4.78 is 0. The number of carboxylic acid groups (broad SMARTS) is 1. The van der Waals surface area contributed by atoms with E-state index in [2.05, 4.69) is 5.32 Å². The molecule has 0 heterocycles. The maximum Gasteiger partial charge on any atom is 0.303 e. The monoisotopic (exact) mass is 354 g/mol. The molecular weight excluding hydrogens is 332 g/mol. The van der Waals surface area contributed by atoms with Gasteiger partial charge in [0, 0.05) is 6.42 Å². The Morgan fingerprint density at radius 2 is 1.46 bits per heavy atom. The lowest BCUT2D eigenvalue weighted by Gasteiger charge is -2.31. The number of primary amides is 1. The molecule has 4 N–H and O–H groups in total. The van der Waals surface area contributed by atoms with Crippen molar-refractivity contribution in [1.29, 1.82) is 0 Å². The minimum Gasteiger partial charge on any atom is -0.481 e. The van der Waals surface area contributed by atoms with Crippen LogP contribution in [0.15, 0.2) is 60.7 Å². The summed E-state index contributed by atoms with van der Waals surface area (Å²) in [6.45, 7) is 1.77. The first-order chi connectivity index (χ1) is 12.4. The molecule has 26 heavy (non-hydrogen) atoms. The van der Waals surface area contributed by atoms with E-state index in [1.54, 1.807) is 6.92 Å². The van der Waals surface area contributed by atoms with Crippen LogP contribution in [0.3, 0.4) is 0 Å². The van der Waals surface area contributed by atoms with Gasteiger partial charge in [-0.05, 0) is 24.5 Å². The summed E-state index contributed by atoms with van der Waals surface area (Å²) in [7, 11) is 0. The second-order valence-corrected chi connectivity index (χ2v) is 6.22. The standard InChI is InChI=1S/C20H22N2O4/c1-20(14-8-4-2-5-9-14,15-10-6-3-7-11-15)19(26)22-16(18(21)25)12-13-17(23)24/h2-11,16H,12-13H2,1H3,(H2,21,25)(H,22,26)(H,23,24)/t16-/m0/s1. The van der Waals surface area contributed by atoms with Crippen molar-refractivity contribution in [2.24, 2.45) is 5.73 Å². The summed E-state index contributed by atoms with van der Waals surface area (Å²) in [4.78, 5) is 35.6. The molecule has 136 valence electrons. The molecule has 0 saturated heterocycles. The van der Waals surface area contributed by atoms with Crippen molar-refractivity contribution in [2.75, 3.05) is 0 Å². The third-order valence-electron chi connectivity index (χ3n) is 4.45. The Labute approximate surface area is 152 Å². The van der Waals surface area contributed by atoms with E-state index in [-0.39, 0.29) is 12.8 Å². The first kappa shape index (κ1) is 19.2. The van der Waals surface area contributed by atoms with Crippen molar-refractivity contribution in [2.45, 2.75) is 31.2 Å². The van der Waals surface area contributed by atoms with Gasteiger partial charge in [-0.25, -0.2) is 0 Å². The van der Waals surface area contributed by atoms with Gasteiger partial charge in [0.05, 0.1) is 5.41 Å². The van der Waals surface area contributed by atoms with Gasteiger partial charge in [-0.15, -0.1) is 0 Å². The van der Waals surface area contributed by atoms with Crippen LogP contribution in [0.25, 0.3) is 0 Å². The number of hydrogen-bond donors (Lipinski definition) is 3. The highest BCUT2D eigenvalue weighted by atomic mass is 16.4. The molecule has 0 unspecified atom stereocenters. The molecule has 2 rings (SSSR count). The number of amides is 2. The van der Waals surface area contributed by atoms with Crippen LogP contribution in [0.2, 0.25) is 0 Å². The molecule has 0 fully saturated rings. The predicted molar refractivity (Wildman–Crippen MR) is 97.3 cm³/mol. The van der Waals surface area contributed by atoms with E-state index in [4.69, 9.17) is 10.8 Å². The largest absolute Gasteiger partial charge is 0.481 e. The molecule has 2 aromatic carbocycles. The highest BCUT2D eigenvalue weighted by Gasteiger charge is 2.38. The molecule has 6 heteroatoms. The summed E-state index contributed by atoms with van der Waals surface area (Å²) in [6.07, 6.45) is -0.322. The van der Waals surface area contributed by atoms with Crippen molar-refractivity contribution in [3.8, 4) is 0 Å². The van der Waals surface area contributed by atoms with Gasteiger partial charge >= 0.3 is 5.97 Å². The summed E-state index contributed by atoms with van der Waals surface area (Å²) in [5.74, 6) is -2.23. The predicted octanol–water partition coefficient (Wildman–Crippen LogP) is 1.83. The van der Waals surface area contributed by atoms with E-state index >= 15 is 0 Å². The Hall–Kier alpha value is -3.15. The minimum atomic E-state index is -1.06. The van der Waals surface area contributed by atoms with Gasteiger partial charge in [0.2, 0.25) is 11.8 Å². The van der Waals surface area contributed by atoms with Crippen LogP contribution in [-0.4, -0.2) is 28.9 Å². The molecule has 0 spiro atoms. The highest BCUT2D eigenvalue weighted by Crippen LogP contribution is 2.32. The average Bonchev–Trinajstić information content (AvgIpc) is 2.65. The second-order valence-electron chi connectivity index (χ2n) is 6.22. The van der Waals surface area contributed by atoms with Crippen molar-refractivity contribution >= 4 is 17.8 Å². The van der Waals surface area contributed by atoms with E-state index < -0.39 is 29.2 Å². The van der Waals surface area contributed by atoms with Gasteiger partial charge in [0.1, 0.15) is 6.04 Å². The van der Waals surface area contributed by atoms with Gasteiger partial charge in [-0.3, -0.25) is 14.4 Å². The van der Waals surface area contributed by atoms with Crippen LogP contribution in [0.1, 0.15) is 30.9 Å². The van der Waals surface area contributed by atoms with E-state index in [0.717, 1.165) is 11.1 Å². The van der Waals surface area contributed by atoms with E-state index in [1.807, 2.05) is 60.7 Å². The van der Waals surface area contributed by atoms with Crippen LogP contribution in [0, 0.1) is 0 Å². The van der Waals surface area contributed by atoms with E-state index in [9.17, 15) is 14.4 Å². The van der Waals surface area contributed by atoms with Crippen LogP contribution >= 0.6 is 0 Å². The molecule has 1 atom stereocenters. The highest BCUT2D eigenvalue weighted by molar-refractivity contribution is 5.95. The topological polar surface area (TPSA) is 109 Å². The molecule has 0 aromatic heterocycles. The number of carbonyl (C=O) groups is 3. The Balaban J connectivity index is 2.38. The lowest BCUT2D eigenvalue weighted by Crippen LogP contribution is -2.51. The fourth-order valence-corrected chi connectivity index (χ4v) is 2.83. The Bertz CT molecular complexity index is 735. The first-order valence-electron chi connectivity index (χ1n) is 8.29. The van der Waals surface area contributed by atoms with E-state index in [0.29, 0.717) is 0 Å². The van der Waals surface area contributed by atoms with Crippen molar-refractivity contribution < 1.29 is 19.5 Å². The molecular formula is C20H22N2O4. The minimum absolute atomic E-state index is 0.0595. The fourth-order valence-electron chi connectivity index (χ4n) is 2.83. The van der Waals surface area contributed by atoms with Gasteiger partial charge in [-0.2, -0.15) is 0 Å². The van der Waals surface area contributed by atoms with E-state index in [1.165, 1.54) is 0 Å². The Kier molecular flexibility index (Phi) is 6.11. The number of carboxylic acids is 1. The second kappa shape index (κ2) is 8.29. The summed E-state index contributed by atoms with van der Waals surface area (Å²) in [6, 6.07) is 17.3. The molecule has 0 bridgehead atoms. The Morgan fingerprint density at radius 3 is 1.85 bits per heavy atom. The lowest BCUT2D eigenvalue weighted by molar-refractivity contribution is -0.138. The maximum atomic E-state index is 13.2. The van der Waals surface area contributed by atoms with Crippen LogP contribution < -0.4 is 11.1 Å². The Morgan fingerprint density at radius 1 is 1.00 bits per heavy atom. The maximum absolute atomic E-state index is 13.2. The first-order valence-corrected chi connectivity index (χ1v) is 8.29. The normalized spacial score (nSPS) is 12.2.